The molecule has 0 saturated heterocycles. The highest BCUT2D eigenvalue weighted by molar-refractivity contribution is 7.12. The lowest BCUT2D eigenvalue weighted by Gasteiger charge is -2.21. The van der Waals surface area contributed by atoms with Crippen LogP contribution in [0.4, 0.5) is 0 Å². The van der Waals surface area contributed by atoms with E-state index in [0.29, 0.717) is 23.0 Å². The van der Waals surface area contributed by atoms with Gasteiger partial charge in [0, 0.05) is 31.0 Å². The third kappa shape index (κ3) is 4.68. The molecule has 0 N–H and O–H groups in total. The monoisotopic (exact) mass is 335 g/mol. The number of carbonyl (C=O) groups is 2. The highest BCUT2D eigenvalue weighted by Crippen LogP contribution is 2.15. The number of amides is 1. The number of carbonyl (C=O) groups excluding carboxylic acids is 2. The molecule has 0 aliphatic heterocycles. The maximum Gasteiger partial charge on any atom is 0.223 e. The largest absolute Gasteiger partial charge is 0.339 e. The Morgan fingerprint density at radius 1 is 1.18 bits per heavy atom. The molecule has 1 heterocycles. The van der Waals surface area contributed by atoms with E-state index in [2.05, 4.69) is 0 Å². The van der Waals surface area contributed by atoms with E-state index in [1.807, 2.05) is 42.6 Å². The van der Waals surface area contributed by atoms with Crippen molar-refractivity contribution in [1.82, 2.24) is 4.90 Å². The van der Waals surface area contributed by atoms with Crippen LogP contribution in [0.2, 0.25) is 5.02 Å². The molecule has 1 amide bonds. The summed E-state index contributed by atoms with van der Waals surface area (Å²) in [6, 6.07) is 11.1. The molecule has 2 rings (SSSR count). The Morgan fingerprint density at radius 3 is 2.64 bits per heavy atom. The molecule has 0 atom stereocenters. The fourth-order valence-electron chi connectivity index (χ4n) is 2.17. The molecule has 1 aromatic carbocycles. The molecule has 0 spiro atoms. The number of Topliss-reactive ketones (excluding diaryl/α,β-unsaturated/α-hetero) is 1. The Bertz CT molecular complexity index is 640. The van der Waals surface area contributed by atoms with Crippen LogP contribution in [0.5, 0.6) is 0 Å². The third-order valence-electron chi connectivity index (χ3n) is 3.36. The summed E-state index contributed by atoms with van der Waals surface area (Å²) in [5.74, 6) is 0.0227. The number of hydrogen-bond acceptors (Lipinski definition) is 3. The minimum atomic E-state index is -0.00705. The number of benzene rings is 1. The zero-order valence-electron chi connectivity index (χ0n) is 12.4. The van der Waals surface area contributed by atoms with Crippen LogP contribution < -0.4 is 0 Å². The van der Waals surface area contributed by atoms with Gasteiger partial charge in [0.2, 0.25) is 5.91 Å². The summed E-state index contributed by atoms with van der Waals surface area (Å²) in [6.45, 7) is 3.06. The van der Waals surface area contributed by atoms with E-state index in [1.54, 1.807) is 11.0 Å². The van der Waals surface area contributed by atoms with Crippen molar-refractivity contribution < 1.29 is 9.59 Å². The van der Waals surface area contributed by atoms with Crippen LogP contribution in [-0.2, 0) is 11.3 Å². The number of thiophene rings is 1. The fourth-order valence-corrected chi connectivity index (χ4v) is 3.08. The van der Waals surface area contributed by atoms with Gasteiger partial charge in [-0.1, -0.05) is 29.8 Å². The molecule has 0 unspecified atom stereocenters. The van der Waals surface area contributed by atoms with Crippen LogP contribution in [0.1, 0.15) is 35.0 Å². The second-order valence-corrected chi connectivity index (χ2v) is 6.32. The molecule has 22 heavy (non-hydrogen) atoms. The lowest BCUT2D eigenvalue weighted by molar-refractivity contribution is -0.131. The van der Waals surface area contributed by atoms with E-state index in [-0.39, 0.29) is 24.5 Å². The van der Waals surface area contributed by atoms with Gasteiger partial charge in [-0.25, -0.2) is 0 Å². The van der Waals surface area contributed by atoms with Gasteiger partial charge in [0.05, 0.1) is 4.88 Å². The second kappa shape index (κ2) is 8.11. The van der Waals surface area contributed by atoms with Crippen molar-refractivity contribution in [2.45, 2.75) is 26.3 Å². The summed E-state index contributed by atoms with van der Waals surface area (Å²) in [6.07, 6.45) is 0.497. The molecular weight excluding hydrogens is 318 g/mol. The summed E-state index contributed by atoms with van der Waals surface area (Å²) in [5, 5.41) is 2.53. The van der Waals surface area contributed by atoms with E-state index >= 15 is 0 Å². The van der Waals surface area contributed by atoms with Crippen molar-refractivity contribution in [2.75, 3.05) is 6.54 Å². The number of ketones is 1. The van der Waals surface area contributed by atoms with Crippen molar-refractivity contribution in [3.05, 3.63) is 57.2 Å². The zero-order chi connectivity index (χ0) is 15.9. The van der Waals surface area contributed by atoms with Crippen LogP contribution in [-0.4, -0.2) is 23.1 Å². The van der Waals surface area contributed by atoms with Gasteiger partial charge in [0.15, 0.2) is 5.78 Å². The molecule has 0 saturated carbocycles. The minimum Gasteiger partial charge on any atom is -0.339 e. The predicted octanol–water partition coefficient (Wildman–Crippen LogP) is 4.41. The van der Waals surface area contributed by atoms with Crippen molar-refractivity contribution in [3.8, 4) is 0 Å². The molecule has 0 bridgehead atoms. The van der Waals surface area contributed by atoms with Gasteiger partial charge < -0.3 is 4.90 Å². The van der Waals surface area contributed by atoms with Gasteiger partial charge in [0.25, 0.3) is 0 Å². The summed E-state index contributed by atoms with van der Waals surface area (Å²) in [5.41, 5.74) is 0.993. The first-order valence-electron chi connectivity index (χ1n) is 7.19. The molecule has 116 valence electrons. The number of hydrogen-bond donors (Lipinski definition) is 0. The average molecular weight is 336 g/mol. The fraction of sp³-hybridized carbons (Fsp3) is 0.294. The third-order valence-corrected chi connectivity index (χ3v) is 4.50. The van der Waals surface area contributed by atoms with Crippen molar-refractivity contribution in [2.24, 2.45) is 0 Å². The highest BCUT2D eigenvalue weighted by Gasteiger charge is 2.15. The lowest BCUT2D eigenvalue weighted by atomic mass is 10.1. The van der Waals surface area contributed by atoms with Crippen LogP contribution in [0.15, 0.2) is 41.8 Å². The van der Waals surface area contributed by atoms with Gasteiger partial charge in [-0.2, -0.15) is 0 Å². The first kappa shape index (κ1) is 16.7. The summed E-state index contributed by atoms with van der Waals surface area (Å²) in [4.78, 5) is 26.7. The minimum absolute atomic E-state index is 0.00705. The smallest absolute Gasteiger partial charge is 0.223 e. The molecule has 0 fully saturated rings. The van der Waals surface area contributed by atoms with Crippen LogP contribution in [0, 0.1) is 0 Å². The Hall–Kier alpha value is -1.65. The van der Waals surface area contributed by atoms with Crippen LogP contribution >= 0.6 is 22.9 Å². The zero-order valence-corrected chi connectivity index (χ0v) is 14.0. The standard InChI is InChI=1S/C17H18ClNO2S/c1-2-19(12-13-5-3-6-14(18)11-13)17(21)9-8-15(20)16-7-4-10-22-16/h3-7,10-11H,2,8-9,12H2,1H3. The summed E-state index contributed by atoms with van der Waals surface area (Å²) in [7, 11) is 0. The Morgan fingerprint density at radius 2 is 2.00 bits per heavy atom. The molecule has 3 nitrogen and oxygen atoms in total. The van der Waals surface area contributed by atoms with Gasteiger partial charge in [-0.15, -0.1) is 11.3 Å². The topological polar surface area (TPSA) is 37.4 Å². The van der Waals surface area contributed by atoms with Crippen LogP contribution in [0.3, 0.4) is 0 Å². The first-order valence-corrected chi connectivity index (χ1v) is 8.45. The molecule has 0 aliphatic rings. The maximum atomic E-state index is 12.3. The highest BCUT2D eigenvalue weighted by atomic mass is 35.5. The Kier molecular flexibility index (Phi) is 6.16. The van der Waals surface area contributed by atoms with Gasteiger partial charge >= 0.3 is 0 Å². The molecule has 0 aliphatic carbocycles. The molecule has 1 aromatic heterocycles. The van der Waals surface area contributed by atoms with Gasteiger partial charge in [0.1, 0.15) is 0 Å². The van der Waals surface area contributed by atoms with E-state index in [4.69, 9.17) is 11.6 Å². The van der Waals surface area contributed by atoms with E-state index in [1.165, 1.54) is 11.3 Å². The first-order chi connectivity index (χ1) is 10.6. The number of nitrogens with zero attached hydrogens (tertiary/aromatic N) is 1. The molecule has 2 aromatic rings. The van der Waals surface area contributed by atoms with Crippen molar-refractivity contribution in [1.29, 1.82) is 0 Å². The normalized spacial score (nSPS) is 10.5. The van der Waals surface area contributed by atoms with Crippen LogP contribution in [0.25, 0.3) is 0 Å². The quantitative estimate of drug-likeness (QED) is 0.703. The Labute approximate surface area is 139 Å². The van der Waals surface area contributed by atoms with Crippen molar-refractivity contribution in [3.63, 3.8) is 0 Å². The Balaban J connectivity index is 1.90. The van der Waals surface area contributed by atoms with Gasteiger partial charge in [-0.05, 0) is 36.1 Å². The summed E-state index contributed by atoms with van der Waals surface area (Å²) < 4.78 is 0. The van der Waals surface area contributed by atoms with E-state index in [0.717, 1.165) is 5.56 Å². The van der Waals surface area contributed by atoms with E-state index in [9.17, 15) is 9.59 Å². The van der Waals surface area contributed by atoms with Crippen molar-refractivity contribution >= 4 is 34.6 Å². The molecular formula is C17H18ClNO2S. The van der Waals surface area contributed by atoms with E-state index < -0.39 is 0 Å². The maximum absolute atomic E-state index is 12.3. The number of rotatable bonds is 7. The number of halogens is 1. The van der Waals surface area contributed by atoms with Gasteiger partial charge in [-0.3, -0.25) is 9.59 Å². The lowest BCUT2D eigenvalue weighted by Crippen LogP contribution is -2.30. The molecule has 5 heteroatoms. The molecule has 0 radical (unpaired) electrons. The average Bonchev–Trinajstić information content (AvgIpc) is 3.04. The predicted molar refractivity (Wildman–Crippen MR) is 90.4 cm³/mol. The summed E-state index contributed by atoms with van der Waals surface area (Å²) >= 11 is 7.38. The second-order valence-electron chi connectivity index (χ2n) is 4.94. The SMILES string of the molecule is CCN(Cc1cccc(Cl)c1)C(=O)CCC(=O)c1cccs1.